The monoisotopic (exact) mass is 279 g/mol. The molecule has 0 aromatic carbocycles. The molecule has 1 heterocycles. The van der Waals surface area contributed by atoms with E-state index in [9.17, 15) is 9.59 Å². The summed E-state index contributed by atoms with van der Waals surface area (Å²) in [5.41, 5.74) is 5.23. The van der Waals surface area contributed by atoms with Crippen LogP contribution in [0, 0.1) is 0 Å². The molecule has 1 rings (SSSR count). The van der Waals surface area contributed by atoms with Gasteiger partial charge in [0.25, 0.3) is 0 Å². The number of methoxy groups -OCH3 is 2. The number of hydrogen-bond acceptors (Lipinski definition) is 7. The number of amides is 2. The summed E-state index contributed by atoms with van der Waals surface area (Å²) < 4.78 is 8.68. The van der Waals surface area contributed by atoms with E-state index in [2.05, 4.69) is 35.5 Å². The van der Waals surface area contributed by atoms with Gasteiger partial charge in [-0.1, -0.05) is 6.07 Å². The molecule has 0 unspecified atom stereocenters. The molecule has 20 heavy (non-hydrogen) atoms. The van der Waals surface area contributed by atoms with Crippen LogP contribution in [0.15, 0.2) is 28.4 Å². The first-order chi connectivity index (χ1) is 9.65. The summed E-state index contributed by atoms with van der Waals surface area (Å²) in [5, 5.41) is 7.26. The van der Waals surface area contributed by atoms with Gasteiger partial charge in [-0.2, -0.15) is 10.2 Å². The Bertz CT molecular complexity index is 486. The number of ether oxygens (including phenoxy) is 2. The number of aromatic nitrogens is 1. The zero-order valence-electron chi connectivity index (χ0n) is 10.9. The summed E-state index contributed by atoms with van der Waals surface area (Å²) in [7, 11) is 2.46. The number of nitrogens with zero attached hydrogens (tertiary/aromatic N) is 3. The Hall–Kier alpha value is -2.97. The van der Waals surface area contributed by atoms with Gasteiger partial charge in [-0.05, 0) is 12.1 Å². The van der Waals surface area contributed by atoms with Crippen LogP contribution >= 0.6 is 0 Å². The smallest absolute Gasteiger partial charge is 0.427 e. The summed E-state index contributed by atoms with van der Waals surface area (Å²) in [6.07, 6.45) is 1.31. The molecule has 9 heteroatoms. The Morgan fingerprint density at radius 2 is 1.50 bits per heavy atom. The number of pyridine rings is 1. The highest BCUT2D eigenvalue weighted by molar-refractivity contribution is 5.82. The van der Waals surface area contributed by atoms with Crippen LogP contribution in [0.5, 0.6) is 0 Å². The van der Waals surface area contributed by atoms with E-state index in [-0.39, 0.29) is 0 Å². The fraction of sp³-hybridized carbons (Fsp3) is 0.182. The van der Waals surface area contributed by atoms with Crippen LogP contribution < -0.4 is 10.9 Å². The first kappa shape index (κ1) is 15.1. The third-order valence-corrected chi connectivity index (χ3v) is 1.87. The lowest BCUT2D eigenvalue weighted by atomic mass is 10.3. The van der Waals surface area contributed by atoms with Crippen molar-refractivity contribution in [3.8, 4) is 0 Å². The van der Waals surface area contributed by atoms with Gasteiger partial charge < -0.3 is 9.47 Å². The van der Waals surface area contributed by atoms with Crippen molar-refractivity contribution in [1.29, 1.82) is 0 Å². The maximum atomic E-state index is 10.8. The summed E-state index contributed by atoms with van der Waals surface area (Å²) in [4.78, 5) is 25.7. The molecule has 9 nitrogen and oxygen atoms in total. The molecule has 1 aromatic rings. The standard InChI is InChI=1S/C11H13N5O4/c1-19-10(17)15-12-6-8-4-3-5-9(14-8)7-13-16-11(18)20-2/h3-7H,1-2H3,(H,15,17)(H,16,18)/b12-6+,13-7+. The molecule has 106 valence electrons. The lowest BCUT2D eigenvalue weighted by Crippen LogP contribution is -2.17. The number of carbonyl (C=O) groups is 2. The molecule has 0 bridgehead atoms. The molecular formula is C11H13N5O4. The van der Waals surface area contributed by atoms with Crippen LogP contribution in [-0.2, 0) is 9.47 Å². The Labute approximate surface area is 114 Å². The number of rotatable bonds is 4. The first-order valence-corrected chi connectivity index (χ1v) is 5.37. The van der Waals surface area contributed by atoms with Gasteiger partial charge >= 0.3 is 12.2 Å². The summed E-state index contributed by atoms with van der Waals surface area (Å²) in [6, 6.07) is 5.06. The normalized spacial score (nSPS) is 10.5. The fourth-order valence-corrected chi connectivity index (χ4v) is 1.01. The van der Waals surface area contributed by atoms with E-state index in [1.165, 1.54) is 26.6 Å². The van der Waals surface area contributed by atoms with E-state index < -0.39 is 12.2 Å². The van der Waals surface area contributed by atoms with Gasteiger partial charge in [0.1, 0.15) is 0 Å². The topological polar surface area (TPSA) is 114 Å². The van der Waals surface area contributed by atoms with E-state index in [1.807, 2.05) is 0 Å². The quantitative estimate of drug-likeness (QED) is 0.614. The summed E-state index contributed by atoms with van der Waals surface area (Å²) in [6.45, 7) is 0. The van der Waals surface area contributed by atoms with Crippen molar-refractivity contribution in [2.45, 2.75) is 0 Å². The summed E-state index contributed by atoms with van der Waals surface area (Å²) in [5.74, 6) is 0. The Morgan fingerprint density at radius 1 is 1.05 bits per heavy atom. The molecule has 0 saturated heterocycles. The number of carbonyl (C=O) groups excluding carboxylic acids is 2. The molecule has 0 aliphatic carbocycles. The van der Waals surface area contributed by atoms with Crippen LogP contribution in [-0.4, -0.2) is 43.8 Å². The highest BCUT2D eigenvalue weighted by atomic mass is 16.5. The van der Waals surface area contributed by atoms with Gasteiger partial charge in [-0.3, -0.25) is 0 Å². The molecule has 2 N–H and O–H groups in total. The zero-order valence-corrected chi connectivity index (χ0v) is 10.9. The molecule has 0 fully saturated rings. The molecule has 0 aliphatic heterocycles. The largest absolute Gasteiger partial charge is 0.452 e. The predicted molar refractivity (Wildman–Crippen MR) is 70.5 cm³/mol. The lowest BCUT2D eigenvalue weighted by molar-refractivity contribution is 0.170. The second-order valence-electron chi connectivity index (χ2n) is 3.21. The molecule has 0 atom stereocenters. The fourth-order valence-electron chi connectivity index (χ4n) is 1.01. The second kappa shape index (κ2) is 8.19. The van der Waals surface area contributed by atoms with Gasteiger partial charge in [0.15, 0.2) is 0 Å². The maximum Gasteiger partial charge on any atom is 0.427 e. The van der Waals surface area contributed by atoms with Crippen molar-refractivity contribution < 1.29 is 19.1 Å². The molecule has 0 aliphatic rings. The van der Waals surface area contributed by atoms with Crippen LogP contribution in [0.1, 0.15) is 11.4 Å². The third-order valence-electron chi connectivity index (χ3n) is 1.87. The number of nitrogens with one attached hydrogen (secondary N) is 2. The highest BCUT2D eigenvalue weighted by Gasteiger charge is 1.96. The zero-order chi connectivity index (χ0) is 14.8. The minimum Gasteiger partial charge on any atom is -0.452 e. The first-order valence-electron chi connectivity index (χ1n) is 5.37. The molecule has 1 aromatic heterocycles. The molecular weight excluding hydrogens is 266 g/mol. The van der Waals surface area contributed by atoms with E-state index >= 15 is 0 Å². The maximum absolute atomic E-state index is 10.8. The van der Waals surface area contributed by atoms with Gasteiger partial charge in [0, 0.05) is 0 Å². The van der Waals surface area contributed by atoms with E-state index in [1.54, 1.807) is 18.2 Å². The van der Waals surface area contributed by atoms with Crippen molar-refractivity contribution in [3.05, 3.63) is 29.6 Å². The van der Waals surface area contributed by atoms with Gasteiger partial charge in [-0.25, -0.2) is 25.4 Å². The molecule has 0 radical (unpaired) electrons. The predicted octanol–water partition coefficient (Wildman–Crippen LogP) is 0.461. The average Bonchev–Trinajstić information content (AvgIpc) is 2.47. The van der Waals surface area contributed by atoms with Gasteiger partial charge in [-0.15, -0.1) is 0 Å². The van der Waals surface area contributed by atoms with Gasteiger partial charge in [0.05, 0.1) is 38.0 Å². The van der Waals surface area contributed by atoms with Crippen LogP contribution in [0.2, 0.25) is 0 Å². The third kappa shape index (κ3) is 5.58. The summed E-state index contributed by atoms with van der Waals surface area (Å²) >= 11 is 0. The van der Waals surface area contributed by atoms with Crippen molar-refractivity contribution in [2.24, 2.45) is 10.2 Å². The SMILES string of the molecule is COC(=O)N/N=C/c1cccc(/C=N/NC(=O)OC)n1. The van der Waals surface area contributed by atoms with Crippen LogP contribution in [0.3, 0.4) is 0 Å². The van der Waals surface area contributed by atoms with Crippen molar-refractivity contribution >= 4 is 24.6 Å². The molecule has 2 amide bonds. The minimum absolute atomic E-state index is 0.489. The Balaban J connectivity index is 2.61. The van der Waals surface area contributed by atoms with E-state index in [0.29, 0.717) is 11.4 Å². The second-order valence-corrected chi connectivity index (χ2v) is 3.21. The molecule has 0 saturated carbocycles. The number of hydrogen-bond donors (Lipinski definition) is 2. The average molecular weight is 279 g/mol. The minimum atomic E-state index is -0.679. The Morgan fingerprint density at radius 3 is 1.90 bits per heavy atom. The number of hydrazone groups is 2. The highest BCUT2D eigenvalue weighted by Crippen LogP contribution is 1.94. The lowest BCUT2D eigenvalue weighted by Gasteiger charge is -1.98. The van der Waals surface area contributed by atoms with Gasteiger partial charge in [0.2, 0.25) is 0 Å². The van der Waals surface area contributed by atoms with Crippen LogP contribution in [0.4, 0.5) is 9.59 Å². The van der Waals surface area contributed by atoms with Crippen molar-refractivity contribution in [3.63, 3.8) is 0 Å². The van der Waals surface area contributed by atoms with Crippen molar-refractivity contribution in [1.82, 2.24) is 15.8 Å². The van der Waals surface area contributed by atoms with E-state index in [4.69, 9.17) is 0 Å². The Kier molecular flexibility index (Phi) is 6.18. The molecule has 0 spiro atoms. The van der Waals surface area contributed by atoms with E-state index in [0.717, 1.165) is 0 Å². The van der Waals surface area contributed by atoms with Crippen molar-refractivity contribution in [2.75, 3.05) is 14.2 Å². The van der Waals surface area contributed by atoms with Crippen LogP contribution in [0.25, 0.3) is 0 Å².